The number of anilines is 1. The number of piperidine rings is 1. The molecule has 150 valence electrons. The molecule has 0 saturated carbocycles. The molecule has 1 aromatic rings. The number of nitrogens with one attached hydrogen (secondary N) is 1. The van der Waals surface area contributed by atoms with E-state index in [1.165, 1.54) is 0 Å². The Morgan fingerprint density at radius 3 is 2.74 bits per heavy atom. The van der Waals surface area contributed by atoms with Crippen molar-refractivity contribution in [2.75, 3.05) is 24.6 Å². The maximum absolute atomic E-state index is 13.4. The number of allylic oxidation sites excluding steroid dienone is 3. The summed E-state index contributed by atoms with van der Waals surface area (Å²) in [6.07, 6.45) is 9.95. The number of fused-ring (bicyclic) bond motifs is 1. The lowest BCUT2D eigenvalue weighted by Gasteiger charge is -2.36. The van der Waals surface area contributed by atoms with Gasteiger partial charge in [-0.3, -0.25) is 9.88 Å². The zero-order valence-electron chi connectivity index (χ0n) is 16.3. The van der Waals surface area contributed by atoms with E-state index in [1.807, 2.05) is 50.1 Å². The summed E-state index contributed by atoms with van der Waals surface area (Å²) >= 11 is 6.09. The average molecular weight is 399 g/mol. The standard InChI is InChI=1S/C18H23ClF2N4.C2H6/c1-2-4-14(19)5-3-10-25-16-13-22-9-6-15(16)17(23-25)24-11-7-18(20,21)8-12-24;1-2/h3-6,9,13,17,23H,2,7-8,10-12H2,1H3;1-2H3/b5-3-,14-4+;. The molecule has 1 fully saturated rings. The van der Waals surface area contributed by atoms with Crippen LogP contribution in [0.3, 0.4) is 0 Å². The molecule has 0 bridgehead atoms. The van der Waals surface area contributed by atoms with Crippen LogP contribution in [-0.4, -0.2) is 35.4 Å². The van der Waals surface area contributed by atoms with E-state index in [9.17, 15) is 8.78 Å². The first-order chi connectivity index (χ1) is 13.0. The molecule has 1 atom stereocenters. The van der Waals surface area contributed by atoms with Crippen LogP contribution in [0.2, 0.25) is 0 Å². The van der Waals surface area contributed by atoms with Gasteiger partial charge in [0.25, 0.3) is 5.92 Å². The predicted molar refractivity (Wildman–Crippen MR) is 108 cm³/mol. The molecular weight excluding hydrogens is 370 g/mol. The Hall–Kier alpha value is -1.50. The number of nitrogens with zero attached hydrogens (tertiary/aromatic N) is 3. The molecule has 3 heterocycles. The van der Waals surface area contributed by atoms with E-state index in [4.69, 9.17) is 11.6 Å². The molecule has 1 N–H and O–H groups in total. The zero-order valence-corrected chi connectivity index (χ0v) is 17.0. The van der Waals surface area contributed by atoms with Gasteiger partial charge in [0.1, 0.15) is 6.17 Å². The lowest BCUT2D eigenvalue weighted by atomic mass is 10.0. The fraction of sp³-hybridized carbons (Fsp3) is 0.550. The number of alkyl halides is 2. The number of hydrogen-bond acceptors (Lipinski definition) is 4. The molecule has 0 aliphatic carbocycles. The van der Waals surface area contributed by atoms with Crippen LogP contribution >= 0.6 is 11.6 Å². The molecule has 27 heavy (non-hydrogen) atoms. The van der Waals surface area contributed by atoms with Crippen LogP contribution in [0.15, 0.2) is 41.7 Å². The minimum Gasteiger partial charge on any atom is -0.301 e. The van der Waals surface area contributed by atoms with Gasteiger partial charge in [0, 0.05) is 42.7 Å². The van der Waals surface area contributed by atoms with Gasteiger partial charge >= 0.3 is 0 Å². The summed E-state index contributed by atoms with van der Waals surface area (Å²) in [5, 5.41) is 2.70. The minimum absolute atomic E-state index is 0.0934. The van der Waals surface area contributed by atoms with Gasteiger partial charge in [-0.15, -0.1) is 0 Å². The van der Waals surface area contributed by atoms with E-state index >= 15 is 0 Å². The number of hydrogen-bond donors (Lipinski definition) is 1. The number of halogens is 3. The second-order valence-corrected chi connectivity index (χ2v) is 6.80. The SMILES string of the molecule is CC.CC/C=C(Cl)\C=C/CN1NC(N2CCC(F)(F)CC2)c2ccncc21. The summed E-state index contributed by atoms with van der Waals surface area (Å²) in [5.74, 6) is -2.54. The van der Waals surface area contributed by atoms with Crippen LogP contribution in [-0.2, 0) is 0 Å². The van der Waals surface area contributed by atoms with Gasteiger partial charge in [-0.25, -0.2) is 14.2 Å². The summed E-state index contributed by atoms with van der Waals surface area (Å²) in [5.41, 5.74) is 5.47. The van der Waals surface area contributed by atoms with Gasteiger partial charge in [-0.1, -0.05) is 44.5 Å². The highest BCUT2D eigenvalue weighted by molar-refractivity contribution is 6.31. The van der Waals surface area contributed by atoms with Gasteiger partial charge in [0.05, 0.1) is 18.4 Å². The average Bonchev–Trinajstić information content (AvgIpc) is 3.03. The van der Waals surface area contributed by atoms with Crippen LogP contribution in [0.5, 0.6) is 0 Å². The van der Waals surface area contributed by atoms with Gasteiger partial charge in [0.2, 0.25) is 0 Å². The van der Waals surface area contributed by atoms with Crippen LogP contribution in [0.25, 0.3) is 0 Å². The van der Waals surface area contributed by atoms with Crippen molar-refractivity contribution >= 4 is 17.3 Å². The van der Waals surface area contributed by atoms with Gasteiger partial charge in [0.15, 0.2) is 0 Å². The van der Waals surface area contributed by atoms with E-state index in [0.717, 1.165) is 17.7 Å². The third kappa shape index (κ3) is 5.74. The summed E-state index contributed by atoms with van der Waals surface area (Å²) < 4.78 is 26.9. The Kier molecular flexibility index (Phi) is 8.20. The maximum Gasteiger partial charge on any atom is 0.250 e. The van der Waals surface area contributed by atoms with Crippen LogP contribution < -0.4 is 10.4 Å². The number of likely N-dealkylation sites (tertiary alicyclic amines) is 1. The van der Waals surface area contributed by atoms with Crippen LogP contribution in [0, 0.1) is 0 Å². The van der Waals surface area contributed by atoms with Gasteiger partial charge in [-0.05, 0) is 18.6 Å². The highest BCUT2D eigenvalue weighted by Gasteiger charge is 2.39. The zero-order chi connectivity index (χ0) is 19.9. The molecule has 0 amide bonds. The topological polar surface area (TPSA) is 31.4 Å². The number of hydrazine groups is 1. The molecule has 7 heteroatoms. The van der Waals surface area contributed by atoms with Crippen molar-refractivity contribution in [3.8, 4) is 0 Å². The number of pyridine rings is 1. The fourth-order valence-electron chi connectivity index (χ4n) is 3.21. The lowest BCUT2D eigenvalue weighted by Crippen LogP contribution is -2.47. The molecule has 2 aliphatic rings. The molecule has 0 aromatic carbocycles. The van der Waals surface area contributed by atoms with Crippen molar-refractivity contribution < 1.29 is 8.78 Å². The maximum atomic E-state index is 13.4. The minimum atomic E-state index is -2.54. The van der Waals surface area contributed by atoms with Crippen molar-refractivity contribution in [1.82, 2.24) is 15.3 Å². The Bertz CT molecular complexity index is 653. The van der Waals surface area contributed by atoms with Crippen molar-refractivity contribution in [3.05, 3.63) is 47.3 Å². The molecule has 2 aliphatic heterocycles. The Morgan fingerprint density at radius 1 is 1.37 bits per heavy atom. The third-order valence-electron chi connectivity index (χ3n) is 4.56. The smallest absolute Gasteiger partial charge is 0.250 e. The molecule has 1 aromatic heterocycles. The Labute approximate surface area is 165 Å². The summed E-state index contributed by atoms with van der Waals surface area (Å²) in [6, 6.07) is 1.95. The normalized spacial score (nSPS) is 22.5. The second-order valence-electron chi connectivity index (χ2n) is 6.37. The largest absolute Gasteiger partial charge is 0.301 e. The van der Waals surface area contributed by atoms with Crippen molar-refractivity contribution in [3.63, 3.8) is 0 Å². The summed E-state index contributed by atoms with van der Waals surface area (Å²) in [4.78, 5) is 6.27. The van der Waals surface area contributed by atoms with E-state index in [0.29, 0.717) is 24.7 Å². The van der Waals surface area contributed by atoms with Gasteiger partial charge in [-0.2, -0.15) is 0 Å². The van der Waals surface area contributed by atoms with E-state index in [-0.39, 0.29) is 19.0 Å². The first-order valence-electron chi connectivity index (χ1n) is 9.62. The van der Waals surface area contributed by atoms with Crippen LogP contribution in [0.1, 0.15) is 51.8 Å². The monoisotopic (exact) mass is 398 g/mol. The molecule has 1 unspecified atom stereocenters. The quantitative estimate of drug-likeness (QED) is 0.686. The predicted octanol–water partition coefficient (Wildman–Crippen LogP) is 5.25. The molecule has 0 spiro atoms. The van der Waals surface area contributed by atoms with Crippen molar-refractivity contribution in [2.45, 2.75) is 52.1 Å². The molecule has 4 nitrogen and oxygen atoms in total. The number of aromatic nitrogens is 1. The second kappa shape index (κ2) is 10.2. The van der Waals surface area contributed by atoms with Crippen molar-refractivity contribution in [2.24, 2.45) is 0 Å². The van der Waals surface area contributed by atoms with E-state index in [1.54, 1.807) is 12.4 Å². The highest BCUT2D eigenvalue weighted by atomic mass is 35.5. The first-order valence-corrected chi connectivity index (χ1v) is 9.99. The van der Waals surface area contributed by atoms with Crippen molar-refractivity contribution in [1.29, 1.82) is 0 Å². The molecule has 3 rings (SSSR count). The van der Waals surface area contributed by atoms with Crippen LogP contribution in [0.4, 0.5) is 14.5 Å². The molecule has 0 radical (unpaired) electrons. The summed E-state index contributed by atoms with van der Waals surface area (Å²) in [6.45, 7) is 7.40. The Balaban J connectivity index is 0.00000126. The highest BCUT2D eigenvalue weighted by Crippen LogP contribution is 2.37. The third-order valence-corrected chi connectivity index (χ3v) is 4.84. The summed E-state index contributed by atoms with van der Waals surface area (Å²) in [7, 11) is 0. The molecule has 1 saturated heterocycles. The first kappa shape index (κ1) is 21.8. The van der Waals surface area contributed by atoms with E-state index in [2.05, 4.69) is 15.3 Å². The molecular formula is C20H29ClF2N4. The fourth-order valence-corrected chi connectivity index (χ4v) is 3.46. The lowest BCUT2D eigenvalue weighted by molar-refractivity contribution is -0.0654. The van der Waals surface area contributed by atoms with E-state index < -0.39 is 5.92 Å². The van der Waals surface area contributed by atoms with Gasteiger partial charge < -0.3 is 5.01 Å². The Morgan fingerprint density at radius 2 is 2.07 bits per heavy atom. The number of rotatable bonds is 5.